The molecule has 1 fully saturated rings. The van der Waals surface area contributed by atoms with Gasteiger partial charge < -0.3 is 20.0 Å². The largest absolute Gasteiger partial charge is 0.477 e. The van der Waals surface area contributed by atoms with Gasteiger partial charge in [-0.1, -0.05) is 18.3 Å². The Kier molecular flexibility index (Phi) is 4.70. The van der Waals surface area contributed by atoms with Crippen LogP contribution >= 0.6 is 11.3 Å². The molecule has 2 N–H and O–H groups in total. The van der Waals surface area contributed by atoms with E-state index >= 15 is 0 Å². The van der Waals surface area contributed by atoms with Crippen molar-refractivity contribution in [3.63, 3.8) is 0 Å². The molecule has 2 aliphatic rings. The minimum absolute atomic E-state index is 0.0346. The van der Waals surface area contributed by atoms with E-state index in [-0.39, 0.29) is 23.6 Å². The Hall–Kier alpha value is -2.72. The van der Waals surface area contributed by atoms with Crippen LogP contribution < -0.4 is 4.57 Å². The van der Waals surface area contributed by atoms with E-state index in [1.807, 2.05) is 33.8 Å². The average Bonchev–Trinajstić information content (AvgIpc) is 3.28. The zero-order chi connectivity index (χ0) is 21.0. The molecule has 0 saturated carbocycles. The third kappa shape index (κ3) is 2.94. The van der Waals surface area contributed by atoms with E-state index in [1.54, 1.807) is 30.2 Å². The zero-order valence-corrected chi connectivity index (χ0v) is 17.2. The summed E-state index contributed by atoms with van der Waals surface area (Å²) in [5.74, 6) is -2.18. The molecule has 2 amide bonds. The lowest BCUT2D eigenvalue weighted by molar-refractivity contribution is -0.688. The molecule has 2 aromatic heterocycles. The van der Waals surface area contributed by atoms with Crippen molar-refractivity contribution >= 4 is 34.5 Å². The molecular weight excluding hydrogens is 396 g/mol. The molecule has 4 rings (SSSR count). The summed E-state index contributed by atoms with van der Waals surface area (Å²) in [6.07, 6.45) is 3.76. The molecule has 1 saturated heterocycles. The van der Waals surface area contributed by atoms with Crippen LogP contribution in [0.25, 0.3) is 4.83 Å². The first-order valence-corrected chi connectivity index (χ1v) is 10.2. The highest BCUT2D eigenvalue weighted by Gasteiger charge is 2.60. The van der Waals surface area contributed by atoms with Gasteiger partial charge in [0.05, 0.1) is 24.6 Å². The molecule has 9 nitrogen and oxygen atoms in total. The third-order valence-electron chi connectivity index (χ3n) is 5.86. The molecule has 2 aliphatic heterocycles. The number of fused-ring (bicyclic) bond motifs is 2. The van der Waals surface area contributed by atoms with Gasteiger partial charge in [-0.15, -0.1) is 0 Å². The summed E-state index contributed by atoms with van der Waals surface area (Å²) in [6, 6.07) is -0.315. The SMILES string of the molecule is C[C@@H](O)[C@H]1C(=O)N2C(C(=O)O)=C(C[n+]3cc4scc(CN(C)C=O)n4c3)[C@H](C)[C@H]12. The van der Waals surface area contributed by atoms with Crippen LogP contribution in [0.15, 0.2) is 29.2 Å². The van der Waals surface area contributed by atoms with Crippen molar-refractivity contribution in [2.75, 3.05) is 7.05 Å². The molecule has 0 bridgehead atoms. The number of rotatable bonds is 7. The second kappa shape index (κ2) is 6.96. The number of hydrogen-bond acceptors (Lipinski definition) is 5. The molecule has 154 valence electrons. The molecule has 4 atom stereocenters. The lowest BCUT2D eigenvalue weighted by atomic mass is 9.78. The molecule has 29 heavy (non-hydrogen) atoms. The molecule has 0 aliphatic carbocycles. The zero-order valence-electron chi connectivity index (χ0n) is 16.3. The fourth-order valence-electron chi connectivity index (χ4n) is 4.47. The molecule has 0 spiro atoms. The van der Waals surface area contributed by atoms with Gasteiger partial charge in [-0.25, -0.2) is 9.36 Å². The lowest BCUT2D eigenvalue weighted by Crippen LogP contribution is -2.63. The number of carbonyl (C=O) groups is 3. The van der Waals surface area contributed by atoms with Crippen LogP contribution in [0.5, 0.6) is 0 Å². The summed E-state index contributed by atoms with van der Waals surface area (Å²) >= 11 is 1.54. The van der Waals surface area contributed by atoms with Crippen LogP contribution in [-0.2, 0) is 27.5 Å². The van der Waals surface area contributed by atoms with E-state index in [0.29, 0.717) is 18.7 Å². The van der Waals surface area contributed by atoms with Gasteiger partial charge in [-0.2, -0.15) is 4.40 Å². The Morgan fingerprint density at radius 1 is 1.48 bits per heavy atom. The van der Waals surface area contributed by atoms with Crippen molar-refractivity contribution < 1.29 is 29.2 Å². The van der Waals surface area contributed by atoms with Gasteiger partial charge in [0.15, 0.2) is 0 Å². The highest BCUT2D eigenvalue weighted by atomic mass is 32.1. The molecular formula is C19H23N4O5S+. The highest BCUT2D eigenvalue weighted by molar-refractivity contribution is 7.15. The summed E-state index contributed by atoms with van der Waals surface area (Å²) in [4.78, 5) is 39.1. The normalized spacial score (nSPS) is 24.6. The number of carboxylic acids is 1. The van der Waals surface area contributed by atoms with E-state index in [0.717, 1.165) is 16.9 Å². The number of β-lactam (4-membered cyclic amide) rings is 1. The number of carbonyl (C=O) groups excluding carboxylic acids is 2. The second-order valence-corrected chi connectivity index (χ2v) is 8.70. The van der Waals surface area contributed by atoms with Crippen LogP contribution in [0, 0.1) is 11.8 Å². The van der Waals surface area contributed by atoms with Crippen LogP contribution in [0.3, 0.4) is 0 Å². The maximum absolute atomic E-state index is 12.4. The molecule has 0 unspecified atom stereocenters. The van der Waals surface area contributed by atoms with Gasteiger partial charge in [-0.3, -0.25) is 9.59 Å². The van der Waals surface area contributed by atoms with Crippen molar-refractivity contribution in [1.29, 1.82) is 0 Å². The first-order chi connectivity index (χ1) is 13.7. The van der Waals surface area contributed by atoms with Crippen molar-refractivity contribution in [2.24, 2.45) is 11.8 Å². The van der Waals surface area contributed by atoms with Crippen molar-refractivity contribution in [3.05, 3.63) is 34.9 Å². The first-order valence-electron chi connectivity index (χ1n) is 9.35. The summed E-state index contributed by atoms with van der Waals surface area (Å²) < 4.78 is 3.88. The number of aliphatic hydroxyl groups excluding tert-OH is 1. The fraction of sp³-hybridized carbons (Fsp3) is 0.474. The number of amides is 2. The Morgan fingerprint density at radius 3 is 2.83 bits per heavy atom. The number of hydrogen-bond donors (Lipinski definition) is 2. The average molecular weight is 419 g/mol. The number of thiazole rings is 1. The maximum atomic E-state index is 12.4. The van der Waals surface area contributed by atoms with E-state index in [4.69, 9.17) is 0 Å². The summed E-state index contributed by atoms with van der Waals surface area (Å²) in [5, 5.41) is 21.7. The number of aromatic nitrogens is 2. The Bertz CT molecular complexity index is 1040. The number of carboxylic acid groups (broad SMARTS) is 1. The fourth-order valence-corrected chi connectivity index (χ4v) is 5.39. The Morgan fingerprint density at radius 2 is 2.21 bits per heavy atom. The van der Waals surface area contributed by atoms with Gasteiger partial charge in [0.1, 0.15) is 24.1 Å². The topological polar surface area (TPSA) is 106 Å². The van der Waals surface area contributed by atoms with Crippen molar-refractivity contribution in [3.8, 4) is 0 Å². The van der Waals surface area contributed by atoms with Gasteiger partial charge in [0.2, 0.25) is 23.5 Å². The second-order valence-electron chi connectivity index (χ2n) is 7.81. The predicted molar refractivity (Wildman–Crippen MR) is 103 cm³/mol. The van der Waals surface area contributed by atoms with Crippen LogP contribution in [0.4, 0.5) is 0 Å². The predicted octanol–water partition coefficient (Wildman–Crippen LogP) is 0.0727. The molecule has 10 heteroatoms. The van der Waals surface area contributed by atoms with Crippen LogP contribution in [0.2, 0.25) is 0 Å². The molecule has 0 aromatic carbocycles. The quantitative estimate of drug-likeness (QED) is 0.375. The van der Waals surface area contributed by atoms with E-state index in [9.17, 15) is 24.6 Å². The maximum Gasteiger partial charge on any atom is 0.352 e. The van der Waals surface area contributed by atoms with Crippen molar-refractivity contribution in [2.45, 2.75) is 39.1 Å². The van der Waals surface area contributed by atoms with Gasteiger partial charge >= 0.3 is 5.97 Å². The minimum Gasteiger partial charge on any atom is -0.477 e. The van der Waals surface area contributed by atoms with Crippen LogP contribution in [-0.4, -0.2) is 61.9 Å². The number of imidazole rings is 1. The number of aliphatic carboxylic acids is 1. The molecule has 2 aromatic rings. The third-order valence-corrected chi connectivity index (χ3v) is 6.80. The van der Waals surface area contributed by atoms with Crippen molar-refractivity contribution in [1.82, 2.24) is 14.2 Å². The summed E-state index contributed by atoms with van der Waals surface area (Å²) in [5.41, 5.74) is 1.67. The van der Waals surface area contributed by atoms with Gasteiger partial charge in [0, 0.05) is 23.9 Å². The minimum atomic E-state index is -1.12. The van der Waals surface area contributed by atoms with Crippen LogP contribution in [0.1, 0.15) is 19.5 Å². The number of aliphatic hydroxyl groups is 1. The molecule has 0 radical (unpaired) electrons. The Balaban J connectivity index is 1.66. The summed E-state index contributed by atoms with van der Waals surface area (Å²) in [6.45, 7) is 4.29. The smallest absolute Gasteiger partial charge is 0.352 e. The highest BCUT2D eigenvalue weighted by Crippen LogP contribution is 2.47. The number of nitrogens with zero attached hydrogens (tertiary/aromatic N) is 4. The summed E-state index contributed by atoms with van der Waals surface area (Å²) in [7, 11) is 1.71. The monoisotopic (exact) mass is 419 g/mol. The van der Waals surface area contributed by atoms with Gasteiger partial charge in [0.25, 0.3) is 0 Å². The van der Waals surface area contributed by atoms with Gasteiger partial charge in [-0.05, 0) is 6.92 Å². The van der Waals surface area contributed by atoms with E-state index < -0.39 is 18.0 Å². The van der Waals surface area contributed by atoms with E-state index in [2.05, 4.69) is 0 Å². The first kappa shape index (κ1) is 19.6. The lowest BCUT2D eigenvalue weighted by Gasteiger charge is -2.46. The van der Waals surface area contributed by atoms with E-state index in [1.165, 1.54) is 4.90 Å². The Labute approximate surface area is 171 Å². The molecule has 4 heterocycles. The standard InChI is InChI=1S/C19H22N4O5S/c1-10-13(17(19(27)28)23-16(10)15(11(2)25)18(23)26)5-21-6-14-22(8-21)12(7-29-14)4-20(3)9-24/h6-11,15-16,25H,4-5H2,1-3H3/p+1/t10-,11+,15+,16+/m0/s1.